The number of rotatable bonds is 5. The number of benzene rings is 1. The van der Waals surface area contributed by atoms with E-state index >= 15 is 0 Å². The molecule has 3 N–H and O–H groups in total. The molecule has 1 saturated heterocycles. The van der Waals surface area contributed by atoms with Gasteiger partial charge in [-0.05, 0) is 43.3 Å². The molecular formula is C18H19N5O3S2. The quantitative estimate of drug-likeness (QED) is 0.581. The van der Waals surface area contributed by atoms with E-state index in [1.165, 1.54) is 17.6 Å². The van der Waals surface area contributed by atoms with Crippen LogP contribution < -0.4 is 16.0 Å². The largest absolute Gasteiger partial charge is 0.348 e. The van der Waals surface area contributed by atoms with Crippen LogP contribution in [0.4, 0.5) is 10.9 Å². The summed E-state index contributed by atoms with van der Waals surface area (Å²) in [4.78, 5) is 21.4. The molecule has 4 rings (SSSR count). The fourth-order valence-electron chi connectivity index (χ4n) is 2.99. The lowest BCUT2D eigenvalue weighted by molar-refractivity contribution is 0.0940. The van der Waals surface area contributed by atoms with Crippen molar-refractivity contribution in [3.8, 4) is 0 Å². The Balaban J connectivity index is 1.53. The van der Waals surface area contributed by atoms with Crippen molar-refractivity contribution in [2.45, 2.75) is 17.4 Å². The summed E-state index contributed by atoms with van der Waals surface area (Å²) < 4.78 is 24.2. The number of anilines is 2. The second kappa shape index (κ2) is 7.46. The molecule has 1 fully saturated rings. The Morgan fingerprint density at radius 2 is 2.14 bits per heavy atom. The number of hydrogen-bond donors (Lipinski definition) is 3. The number of hydrogen-bond acceptors (Lipinski definition) is 8. The highest BCUT2D eigenvalue weighted by molar-refractivity contribution is 7.90. The number of nitrogens with one attached hydrogen (secondary N) is 3. The minimum Gasteiger partial charge on any atom is -0.348 e. The fraction of sp³-hybridized carbons (Fsp3) is 0.278. The molecule has 0 radical (unpaired) electrons. The van der Waals surface area contributed by atoms with Crippen LogP contribution in [0.15, 0.2) is 41.4 Å². The number of thiazole rings is 1. The zero-order chi connectivity index (χ0) is 19.7. The van der Waals surface area contributed by atoms with E-state index in [-0.39, 0.29) is 16.8 Å². The maximum Gasteiger partial charge on any atom is 0.251 e. The van der Waals surface area contributed by atoms with Crippen LogP contribution in [0.3, 0.4) is 0 Å². The molecule has 8 nitrogen and oxygen atoms in total. The normalized spacial score (nSPS) is 17.0. The predicted octanol–water partition coefficient (Wildman–Crippen LogP) is 1.93. The topological polar surface area (TPSA) is 113 Å². The van der Waals surface area contributed by atoms with Crippen molar-refractivity contribution in [2.75, 3.05) is 24.7 Å². The highest BCUT2D eigenvalue weighted by Gasteiger charge is 2.18. The number of amides is 1. The van der Waals surface area contributed by atoms with Crippen molar-refractivity contribution < 1.29 is 13.2 Å². The Labute approximate surface area is 166 Å². The van der Waals surface area contributed by atoms with Gasteiger partial charge in [-0.15, -0.1) is 0 Å². The van der Waals surface area contributed by atoms with Crippen LogP contribution in [0.2, 0.25) is 0 Å². The summed E-state index contributed by atoms with van der Waals surface area (Å²) in [6, 6.07) is 8.32. The lowest BCUT2D eigenvalue weighted by atomic mass is 10.2. The Bertz CT molecular complexity index is 1140. The van der Waals surface area contributed by atoms with Crippen LogP contribution in [0, 0.1) is 0 Å². The highest BCUT2D eigenvalue weighted by atomic mass is 32.2. The van der Waals surface area contributed by atoms with E-state index in [1.54, 1.807) is 36.5 Å². The zero-order valence-electron chi connectivity index (χ0n) is 15.1. The first-order valence-electron chi connectivity index (χ1n) is 8.74. The number of sulfone groups is 1. The van der Waals surface area contributed by atoms with Crippen molar-refractivity contribution >= 4 is 48.2 Å². The summed E-state index contributed by atoms with van der Waals surface area (Å²) in [5, 5.41) is 9.89. The van der Waals surface area contributed by atoms with Gasteiger partial charge >= 0.3 is 0 Å². The van der Waals surface area contributed by atoms with Gasteiger partial charge in [0.15, 0.2) is 15.0 Å². The van der Waals surface area contributed by atoms with Crippen molar-refractivity contribution in [1.29, 1.82) is 0 Å². The molecule has 0 aliphatic carbocycles. The number of carbonyl (C=O) groups is 1. The van der Waals surface area contributed by atoms with Gasteiger partial charge in [-0.1, -0.05) is 11.3 Å². The van der Waals surface area contributed by atoms with Crippen LogP contribution in [0.5, 0.6) is 0 Å². The van der Waals surface area contributed by atoms with E-state index in [2.05, 4.69) is 25.9 Å². The van der Waals surface area contributed by atoms with Crippen molar-refractivity contribution in [2.24, 2.45) is 0 Å². The standard InChI is InChI=1S/C18H19N5O3S2/c1-28(25,26)13-2-3-14-15(9-13)27-18(22-14)23-16-8-11(4-7-20-16)17(24)21-12-5-6-19-10-12/h2-4,7-9,12,19H,5-6,10H2,1H3,(H,21,24)(H,20,22,23)/t12-/m1/s1. The second-order valence-electron chi connectivity index (χ2n) is 6.64. The van der Waals surface area contributed by atoms with E-state index in [0.29, 0.717) is 22.0 Å². The summed E-state index contributed by atoms with van der Waals surface area (Å²) in [7, 11) is -3.27. The van der Waals surface area contributed by atoms with Crippen LogP contribution in [0.1, 0.15) is 16.8 Å². The van der Waals surface area contributed by atoms with Gasteiger partial charge in [0, 0.05) is 30.6 Å². The molecule has 2 aromatic heterocycles. The first-order chi connectivity index (χ1) is 13.4. The number of nitrogens with zero attached hydrogens (tertiary/aromatic N) is 2. The van der Waals surface area contributed by atoms with Crippen molar-refractivity contribution in [3.05, 3.63) is 42.1 Å². The molecular weight excluding hydrogens is 398 g/mol. The molecule has 1 aliphatic heterocycles. The lowest BCUT2D eigenvalue weighted by Gasteiger charge is -2.11. The SMILES string of the molecule is CS(=O)(=O)c1ccc2nc(Nc3cc(C(=O)N[C@@H]4CCNC4)ccn3)sc2c1. The molecule has 146 valence electrons. The zero-order valence-corrected chi connectivity index (χ0v) is 16.7. The molecule has 0 unspecified atom stereocenters. The Morgan fingerprint density at radius 1 is 1.29 bits per heavy atom. The summed E-state index contributed by atoms with van der Waals surface area (Å²) in [6.45, 7) is 1.69. The molecule has 1 amide bonds. The number of carbonyl (C=O) groups excluding carboxylic acids is 1. The first kappa shape index (κ1) is 18.8. The maximum atomic E-state index is 12.4. The van der Waals surface area contributed by atoms with Crippen LogP contribution >= 0.6 is 11.3 Å². The van der Waals surface area contributed by atoms with E-state index in [0.717, 1.165) is 24.2 Å². The van der Waals surface area contributed by atoms with Gasteiger partial charge in [0.05, 0.1) is 15.1 Å². The first-order valence-corrected chi connectivity index (χ1v) is 11.4. The van der Waals surface area contributed by atoms with Gasteiger partial charge in [0.2, 0.25) is 0 Å². The van der Waals surface area contributed by atoms with Gasteiger partial charge in [-0.2, -0.15) is 0 Å². The van der Waals surface area contributed by atoms with E-state index in [9.17, 15) is 13.2 Å². The average Bonchev–Trinajstić information content (AvgIpc) is 3.29. The number of aromatic nitrogens is 2. The second-order valence-corrected chi connectivity index (χ2v) is 9.69. The lowest BCUT2D eigenvalue weighted by Crippen LogP contribution is -2.36. The average molecular weight is 418 g/mol. The highest BCUT2D eigenvalue weighted by Crippen LogP contribution is 2.29. The van der Waals surface area contributed by atoms with Gasteiger partial charge < -0.3 is 16.0 Å². The summed E-state index contributed by atoms with van der Waals surface area (Å²) in [5.41, 5.74) is 1.22. The van der Waals surface area contributed by atoms with Crippen LogP contribution in [0.25, 0.3) is 10.2 Å². The minimum absolute atomic E-state index is 0.138. The summed E-state index contributed by atoms with van der Waals surface area (Å²) in [5.74, 6) is 0.362. The third kappa shape index (κ3) is 4.13. The van der Waals surface area contributed by atoms with Gasteiger partial charge in [-0.3, -0.25) is 4.79 Å². The predicted molar refractivity (Wildman–Crippen MR) is 109 cm³/mol. The van der Waals surface area contributed by atoms with Crippen molar-refractivity contribution in [3.63, 3.8) is 0 Å². The van der Waals surface area contributed by atoms with Crippen LogP contribution in [-0.2, 0) is 9.84 Å². The Morgan fingerprint density at radius 3 is 2.89 bits per heavy atom. The molecule has 0 spiro atoms. The third-order valence-electron chi connectivity index (χ3n) is 4.44. The third-order valence-corrected chi connectivity index (χ3v) is 6.48. The van der Waals surface area contributed by atoms with Gasteiger partial charge in [-0.25, -0.2) is 18.4 Å². The van der Waals surface area contributed by atoms with E-state index in [4.69, 9.17) is 0 Å². The van der Waals surface area contributed by atoms with Crippen LogP contribution in [-0.4, -0.2) is 49.7 Å². The molecule has 1 aromatic carbocycles. The number of pyridine rings is 1. The van der Waals surface area contributed by atoms with E-state index in [1.807, 2.05) is 0 Å². The molecule has 0 bridgehead atoms. The molecule has 10 heteroatoms. The van der Waals surface area contributed by atoms with Gasteiger partial charge in [0.1, 0.15) is 5.82 Å². The van der Waals surface area contributed by atoms with Gasteiger partial charge in [0.25, 0.3) is 5.91 Å². The Hall–Kier alpha value is -2.56. The Kier molecular flexibility index (Phi) is 5.00. The minimum atomic E-state index is -3.27. The summed E-state index contributed by atoms with van der Waals surface area (Å²) in [6.07, 6.45) is 3.67. The molecule has 3 aromatic rings. The smallest absolute Gasteiger partial charge is 0.251 e. The fourth-order valence-corrected chi connectivity index (χ4v) is 4.62. The number of fused-ring (bicyclic) bond motifs is 1. The summed E-state index contributed by atoms with van der Waals surface area (Å²) >= 11 is 1.33. The molecule has 28 heavy (non-hydrogen) atoms. The molecule has 1 atom stereocenters. The monoisotopic (exact) mass is 417 g/mol. The molecule has 3 heterocycles. The maximum absolute atomic E-state index is 12.4. The molecule has 1 aliphatic rings. The van der Waals surface area contributed by atoms with Crippen molar-refractivity contribution in [1.82, 2.24) is 20.6 Å². The van der Waals surface area contributed by atoms with E-state index < -0.39 is 9.84 Å². The molecule has 0 saturated carbocycles.